The van der Waals surface area contributed by atoms with Crippen LogP contribution in [0.4, 0.5) is 5.69 Å². The Labute approximate surface area is 117 Å². The minimum atomic E-state index is -0.386. The first kappa shape index (κ1) is 12.4. The molecule has 0 saturated carbocycles. The first-order chi connectivity index (χ1) is 9.83. The molecular weight excluding hydrogens is 252 g/mol. The van der Waals surface area contributed by atoms with Crippen molar-refractivity contribution in [2.24, 2.45) is 4.99 Å². The number of benzene rings is 2. The molecule has 0 spiro atoms. The van der Waals surface area contributed by atoms with Gasteiger partial charge in [0.2, 0.25) is 0 Å². The van der Waals surface area contributed by atoms with Gasteiger partial charge < -0.3 is 14.8 Å². The van der Waals surface area contributed by atoms with E-state index in [0.717, 1.165) is 28.8 Å². The fourth-order valence-electron chi connectivity index (χ4n) is 2.32. The number of nitrogens with one attached hydrogen (secondary N) is 1. The van der Waals surface area contributed by atoms with Crippen molar-refractivity contribution in [1.82, 2.24) is 5.32 Å². The molecule has 1 unspecified atom stereocenters. The largest absolute Gasteiger partial charge is 0.496 e. The van der Waals surface area contributed by atoms with Crippen LogP contribution in [0.1, 0.15) is 17.2 Å². The standard InChI is InChI=1S/C16H14N2O2/c1-20-15-9-5-3-7-12(15)16-17-13-8-4-2-6-11(13)14(10-19)18-16/h2-10,14H,1H3,(H,17,18). The Morgan fingerprint density at radius 2 is 1.90 bits per heavy atom. The molecule has 1 N–H and O–H groups in total. The SMILES string of the molecule is COc1ccccc1C1=Nc2ccccc2C(C=O)N1. The van der Waals surface area contributed by atoms with Gasteiger partial charge in [-0.2, -0.15) is 0 Å². The molecule has 3 rings (SSSR count). The van der Waals surface area contributed by atoms with Crippen LogP contribution in [0.3, 0.4) is 0 Å². The molecule has 0 bridgehead atoms. The number of hydrogen-bond donors (Lipinski definition) is 1. The van der Waals surface area contributed by atoms with Crippen LogP contribution in [-0.4, -0.2) is 19.2 Å². The van der Waals surface area contributed by atoms with Crippen LogP contribution in [0.2, 0.25) is 0 Å². The second-order valence-corrected chi connectivity index (χ2v) is 4.48. The summed E-state index contributed by atoms with van der Waals surface area (Å²) in [7, 11) is 1.62. The third kappa shape index (κ3) is 2.05. The van der Waals surface area contributed by atoms with E-state index in [0.29, 0.717) is 5.84 Å². The van der Waals surface area contributed by atoms with E-state index < -0.39 is 0 Å². The molecule has 0 fully saturated rings. The zero-order valence-electron chi connectivity index (χ0n) is 11.0. The zero-order valence-corrected chi connectivity index (χ0v) is 11.0. The number of ether oxygens (including phenoxy) is 1. The lowest BCUT2D eigenvalue weighted by atomic mass is 10.0. The topological polar surface area (TPSA) is 50.7 Å². The summed E-state index contributed by atoms with van der Waals surface area (Å²) in [5, 5.41) is 3.15. The van der Waals surface area contributed by atoms with E-state index in [2.05, 4.69) is 10.3 Å². The molecule has 20 heavy (non-hydrogen) atoms. The Morgan fingerprint density at radius 3 is 2.70 bits per heavy atom. The summed E-state index contributed by atoms with van der Waals surface area (Å²) in [5.41, 5.74) is 2.54. The monoisotopic (exact) mass is 266 g/mol. The quantitative estimate of drug-likeness (QED) is 0.869. The minimum absolute atomic E-state index is 0.386. The number of rotatable bonds is 3. The van der Waals surface area contributed by atoms with Gasteiger partial charge in [0.15, 0.2) is 0 Å². The van der Waals surface area contributed by atoms with Crippen molar-refractivity contribution in [3.63, 3.8) is 0 Å². The first-order valence-corrected chi connectivity index (χ1v) is 6.36. The van der Waals surface area contributed by atoms with Crippen LogP contribution in [-0.2, 0) is 4.79 Å². The lowest BCUT2D eigenvalue weighted by molar-refractivity contribution is -0.109. The van der Waals surface area contributed by atoms with Crippen LogP contribution in [0.15, 0.2) is 53.5 Å². The Morgan fingerprint density at radius 1 is 1.15 bits per heavy atom. The van der Waals surface area contributed by atoms with Crippen molar-refractivity contribution in [3.8, 4) is 5.75 Å². The Kier molecular flexibility index (Phi) is 3.21. The molecule has 0 saturated heterocycles. The molecule has 100 valence electrons. The van der Waals surface area contributed by atoms with E-state index in [4.69, 9.17) is 4.74 Å². The summed E-state index contributed by atoms with van der Waals surface area (Å²) >= 11 is 0. The third-order valence-electron chi connectivity index (χ3n) is 3.29. The zero-order chi connectivity index (χ0) is 13.9. The molecule has 2 aromatic carbocycles. The molecule has 2 aromatic rings. The predicted octanol–water partition coefficient (Wildman–Crippen LogP) is 2.62. The summed E-state index contributed by atoms with van der Waals surface area (Å²) < 4.78 is 5.35. The van der Waals surface area contributed by atoms with E-state index >= 15 is 0 Å². The van der Waals surface area contributed by atoms with Crippen molar-refractivity contribution in [2.75, 3.05) is 7.11 Å². The Hall–Kier alpha value is -2.62. The average Bonchev–Trinajstić information content (AvgIpc) is 2.53. The molecular formula is C16H14N2O2. The molecule has 1 heterocycles. The number of aliphatic imine (C=N–C) groups is 1. The number of para-hydroxylation sites is 2. The number of carbonyl (C=O) groups is 1. The maximum absolute atomic E-state index is 11.3. The van der Waals surface area contributed by atoms with Gasteiger partial charge in [-0.3, -0.25) is 0 Å². The highest BCUT2D eigenvalue weighted by Gasteiger charge is 2.23. The van der Waals surface area contributed by atoms with Gasteiger partial charge in [0.05, 0.1) is 18.4 Å². The van der Waals surface area contributed by atoms with E-state index in [1.54, 1.807) is 7.11 Å². The van der Waals surface area contributed by atoms with Gasteiger partial charge in [0, 0.05) is 5.56 Å². The van der Waals surface area contributed by atoms with Gasteiger partial charge in [-0.05, 0) is 18.2 Å². The summed E-state index contributed by atoms with van der Waals surface area (Å²) in [6, 6.07) is 14.8. The molecule has 0 radical (unpaired) electrons. The second kappa shape index (κ2) is 5.17. The number of methoxy groups -OCH3 is 1. The maximum atomic E-state index is 11.3. The number of amidine groups is 1. The van der Waals surface area contributed by atoms with Crippen LogP contribution < -0.4 is 10.1 Å². The fraction of sp³-hybridized carbons (Fsp3) is 0.125. The highest BCUT2D eigenvalue weighted by Crippen LogP contribution is 2.30. The van der Waals surface area contributed by atoms with E-state index in [1.165, 1.54) is 0 Å². The molecule has 4 heteroatoms. The minimum Gasteiger partial charge on any atom is -0.496 e. The van der Waals surface area contributed by atoms with Gasteiger partial charge in [-0.1, -0.05) is 30.3 Å². The number of carbonyl (C=O) groups excluding carboxylic acids is 1. The molecule has 1 atom stereocenters. The summed E-state index contributed by atoms with van der Waals surface area (Å²) in [6.07, 6.45) is 0.892. The summed E-state index contributed by atoms with van der Waals surface area (Å²) in [6.45, 7) is 0. The van der Waals surface area contributed by atoms with Crippen molar-refractivity contribution in [3.05, 3.63) is 59.7 Å². The van der Waals surface area contributed by atoms with E-state index in [1.807, 2.05) is 48.5 Å². The van der Waals surface area contributed by atoms with Gasteiger partial charge in [0.25, 0.3) is 0 Å². The number of fused-ring (bicyclic) bond motifs is 1. The highest BCUT2D eigenvalue weighted by molar-refractivity contribution is 6.05. The van der Waals surface area contributed by atoms with Crippen molar-refractivity contribution in [1.29, 1.82) is 0 Å². The fourth-order valence-corrected chi connectivity index (χ4v) is 2.32. The third-order valence-corrected chi connectivity index (χ3v) is 3.29. The molecule has 0 amide bonds. The normalized spacial score (nSPS) is 16.6. The Balaban J connectivity index is 2.12. The lowest BCUT2D eigenvalue weighted by Crippen LogP contribution is -2.33. The van der Waals surface area contributed by atoms with Crippen LogP contribution >= 0.6 is 0 Å². The molecule has 0 aromatic heterocycles. The van der Waals surface area contributed by atoms with Crippen molar-refractivity contribution < 1.29 is 9.53 Å². The van der Waals surface area contributed by atoms with Gasteiger partial charge >= 0.3 is 0 Å². The molecule has 0 aliphatic carbocycles. The van der Waals surface area contributed by atoms with Crippen molar-refractivity contribution >= 4 is 17.8 Å². The average molecular weight is 266 g/mol. The first-order valence-electron chi connectivity index (χ1n) is 6.36. The van der Waals surface area contributed by atoms with Crippen LogP contribution in [0.5, 0.6) is 5.75 Å². The van der Waals surface area contributed by atoms with E-state index in [9.17, 15) is 4.79 Å². The van der Waals surface area contributed by atoms with Gasteiger partial charge in [-0.25, -0.2) is 4.99 Å². The van der Waals surface area contributed by atoms with Crippen LogP contribution in [0.25, 0.3) is 0 Å². The smallest absolute Gasteiger partial charge is 0.146 e. The summed E-state index contributed by atoms with van der Waals surface area (Å²) in [5.74, 6) is 1.38. The number of hydrogen-bond acceptors (Lipinski definition) is 4. The maximum Gasteiger partial charge on any atom is 0.146 e. The Bertz CT molecular complexity index is 680. The molecule has 1 aliphatic rings. The predicted molar refractivity (Wildman–Crippen MR) is 77.6 cm³/mol. The van der Waals surface area contributed by atoms with Gasteiger partial charge in [0.1, 0.15) is 23.9 Å². The summed E-state index contributed by atoms with van der Waals surface area (Å²) in [4.78, 5) is 15.9. The highest BCUT2D eigenvalue weighted by atomic mass is 16.5. The van der Waals surface area contributed by atoms with E-state index in [-0.39, 0.29) is 6.04 Å². The van der Waals surface area contributed by atoms with Crippen LogP contribution in [0, 0.1) is 0 Å². The van der Waals surface area contributed by atoms with Crippen molar-refractivity contribution in [2.45, 2.75) is 6.04 Å². The second-order valence-electron chi connectivity index (χ2n) is 4.48. The number of nitrogens with zero attached hydrogens (tertiary/aromatic N) is 1. The number of aldehydes is 1. The molecule has 4 nitrogen and oxygen atoms in total. The molecule has 1 aliphatic heterocycles. The lowest BCUT2D eigenvalue weighted by Gasteiger charge is -2.24. The van der Waals surface area contributed by atoms with Gasteiger partial charge in [-0.15, -0.1) is 0 Å².